The molecule has 0 unspecified atom stereocenters. The maximum Gasteiger partial charge on any atom is 0.573 e. The molecule has 7 heteroatoms. The van der Waals surface area contributed by atoms with Crippen molar-refractivity contribution in [2.45, 2.75) is 19.4 Å². The average molecular weight is 305 g/mol. The van der Waals surface area contributed by atoms with Crippen molar-refractivity contribution in [1.29, 1.82) is 0 Å². The molecule has 0 bridgehead atoms. The fourth-order valence-corrected chi connectivity index (χ4v) is 1.87. The van der Waals surface area contributed by atoms with Gasteiger partial charge in [-0.2, -0.15) is 8.78 Å². The molecule has 1 aliphatic rings. The van der Waals surface area contributed by atoms with Gasteiger partial charge in [-0.25, -0.2) is 0 Å². The number of hydrogen-bond donors (Lipinski definition) is 0. The van der Waals surface area contributed by atoms with Gasteiger partial charge in [0.1, 0.15) is 11.5 Å². The maximum absolute atomic E-state index is 12.3. The zero-order valence-corrected chi connectivity index (χ0v) is 10.5. The average Bonchev–Trinajstić information content (AvgIpc) is 2.37. The number of benzene rings is 1. The minimum Gasteiger partial charge on any atom is -0.435 e. The Morgan fingerprint density at radius 3 is 2.57 bits per heavy atom. The van der Waals surface area contributed by atoms with Gasteiger partial charge in [-0.1, -0.05) is 18.2 Å². The van der Waals surface area contributed by atoms with Gasteiger partial charge in [0.25, 0.3) is 0 Å². The van der Waals surface area contributed by atoms with Gasteiger partial charge in [0.15, 0.2) is 0 Å². The Morgan fingerprint density at radius 1 is 1.14 bits per heavy atom. The van der Waals surface area contributed by atoms with Crippen LogP contribution in [0.2, 0.25) is 0 Å². The minimum atomic E-state index is -4.81. The molecule has 0 saturated carbocycles. The first-order valence-electron chi connectivity index (χ1n) is 5.90. The second-order valence-electron chi connectivity index (χ2n) is 4.07. The summed E-state index contributed by atoms with van der Waals surface area (Å²) in [6, 6.07) is 5.08. The number of allylic oxidation sites excluding steroid dienone is 3. The van der Waals surface area contributed by atoms with E-state index in [9.17, 15) is 22.0 Å². The van der Waals surface area contributed by atoms with E-state index in [0.717, 1.165) is 12.1 Å². The van der Waals surface area contributed by atoms with Crippen LogP contribution in [0.5, 0.6) is 5.75 Å². The second kappa shape index (κ2) is 6.15. The van der Waals surface area contributed by atoms with Crippen LogP contribution in [0.25, 0.3) is 5.57 Å². The molecular weight excluding hydrogens is 295 g/mol. The molecule has 1 aromatic carbocycles. The molecule has 0 spiro atoms. The van der Waals surface area contributed by atoms with Crippen molar-refractivity contribution in [1.82, 2.24) is 0 Å². The van der Waals surface area contributed by atoms with Crippen LogP contribution in [0.4, 0.5) is 22.0 Å². The van der Waals surface area contributed by atoms with Crippen LogP contribution in [0.1, 0.15) is 12.0 Å². The van der Waals surface area contributed by atoms with Crippen LogP contribution in [0, 0.1) is 6.42 Å². The molecule has 1 aliphatic carbocycles. The van der Waals surface area contributed by atoms with Crippen LogP contribution in [-0.2, 0) is 4.74 Å². The van der Waals surface area contributed by atoms with E-state index < -0.39 is 18.7 Å². The van der Waals surface area contributed by atoms with E-state index in [1.807, 2.05) is 0 Å². The van der Waals surface area contributed by atoms with Gasteiger partial charge in [-0.05, 0) is 36.6 Å². The van der Waals surface area contributed by atoms with Crippen molar-refractivity contribution < 1.29 is 31.4 Å². The molecular formula is C14H10F5O2. The Kier molecular flexibility index (Phi) is 4.50. The van der Waals surface area contributed by atoms with Gasteiger partial charge in [0.05, 0.1) is 0 Å². The Balaban J connectivity index is 2.33. The highest BCUT2D eigenvalue weighted by atomic mass is 19.4. The van der Waals surface area contributed by atoms with Gasteiger partial charge in [0, 0.05) is 5.57 Å². The van der Waals surface area contributed by atoms with Crippen molar-refractivity contribution >= 4 is 5.57 Å². The first-order chi connectivity index (χ1) is 9.85. The number of ether oxygens (including phenoxy) is 2. The highest BCUT2D eigenvalue weighted by Crippen LogP contribution is 2.32. The van der Waals surface area contributed by atoms with E-state index >= 15 is 0 Å². The molecule has 113 valence electrons. The van der Waals surface area contributed by atoms with Crippen LogP contribution in [0.3, 0.4) is 0 Å². The SMILES string of the molecule is FC(F)OC1=C(c2cccc(OC(F)(F)F)c2)[CH]CC=C1. The van der Waals surface area contributed by atoms with Gasteiger partial charge < -0.3 is 9.47 Å². The highest BCUT2D eigenvalue weighted by Gasteiger charge is 2.31. The Labute approximate surface area is 117 Å². The third-order valence-electron chi connectivity index (χ3n) is 2.59. The molecule has 0 aromatic heterocycles. The first-order valence-corrected chi connectivity index (χ1v) is 5.90. The number of alkyl halides is 5. The Hall–Kier alpha value is -2.05. The number of halogens is 5. The van der Waals surface area contributed by atoms with E-state index in [1.165, 1.54) is 18.2 Å². The standard InChI is InChI=1S/C14H10F5O2/c15-13(16)20-12-7-2-1-6-11(12)9-4-3-5-10(8-9)21-14(17,18)19/h2-8,13H,1H2. The lowest BCUT2D eigenvalue weighted by molar-refractivity contribution is -0.274. The van der Waals surface area contributed by atoms with Crippen LogP contribution in [0.15, 0.2) is 42.2 Å². The summed E-state index contributed by atoms with van der Waals surface area (Å²) in [5, 5.41) is 0. The molecule has 21 heavy (non-hydrogen) atoms. The number of rotatable bonds is 4. The summed E-state index contributed by atoms with van der Waals surface area (Å²) in [6.45, 7) is -3.01. The van der Waals surface area contributed by atoms with Gasteiger partial charge in [-0.15, -0.1) is 13.2 Å². The molecule has 0 amide bonds. The molecule has 1 aromatic rings. The van der Waals surface area contributed by atoms with E-state index in [1.54, 1.807) is 12.5 Å². The first kappa shape index (κ1) is 15.3. The largest absolute Gasteiger partial charge is 0.573 e. The van der Waals surface area contributed by atoms with Crippen molar-refractivity contribution in [3.05, 3.63) is 54.2 Å². The summed E-state index contributed by atoms with van der Waals surface area (Å²) in [7, 11) is 0. The maximum atomic E-state index is 12.3. The molecule has 0 aliphatic heterocycles. The van der Waals surface area contributed by atoms with Crippen molar-refractivity contribution in [2.75, 3.05) is 0 Å². The van der Waals surface area contributed by atoms with E-state index in [0.29, 0.717) is 17.6 Å². The Bertz CT molecular complexity index is 561. The zero-order valence-electron chi connectivity index (χ0n) is 10.5. The summed E-state index contributed by atoms with van der Waals surface area (Å²) < 4.78 is 69.4. The summed E-state index contributed by atoms with van der Waals surface area (Å²) in [5.74, 6) is -0.521. The lowest BCUT2D eigenvalue weighted by atomic mass is 9.96. The topological polar surface area (TPSA) is 18.5 Å². The fourth-order valence-electron chi connectivity index (χ4n) is 1.87. The van der Waals surface area contributed by atoms with Crippen LogP contribution in [-0.4, -0.2) is 13.0 Å². The van der Waals surface area contributed by atoms with E-state index in [4.69, 9.17) is 0 Å². The third-order valence-corrected chi connectivity index (χ3v) is 2.59. The van der Waals surface area contributed by atoms with Gasteiger partial charge in [0.2, 0.25) is 0 Å². The lowest BCUT2D eigenvalue weighted by Gasteiger charge is -2.17. The van der Waals surface area contributed by atoms with E-state index in [-0.39, 0.29) is 5.76 Å². The summed E-state index contributed by atoms with van der Waals surface area (Å²) >= 11 is 0. The molecule has 0 fully saturated rings. The third kappa shape index (κ3) is 4.47. The van der Waals surface area contributed by atoms with Crippen LogP contribution >= 0.6 is 0 Å². The predicted octanol–water partition coefficient (Wildman–Crippen LogP) is 4.70. The van der Waals surface area contributed by atoms with Gasteiger partial charge in [-0.3, -0.25) is 0 Å². The van der Waals surface area contributed by atoms with Crippen molar-refractivity contribution in [3.63, 3.8) is 0 Å². The summed E-state index contributed by atoms with van der Waals surface area (Å²) in [4.78, 5) is 0. The van der Waals surface area contributed by atoms with Crippen molar-refractivity contribution in [2.24, 2.45) is 0 Å². The normalized spacial score (nSPS) is 15.5. The van der Waals surface area contributed by atoms with Crippen molar-refractivity contribution in [3.8, 4) is 5.75 Å². The van der Waals surface area contributed by atoms with E-state index in [2.05, 4.69) is 9.47 Å². The second-order valence-corrected chi connectivity index (χ2v) is 4.07. The minimum absolute atomic E-state index is 0.0968. The molecule has 0 atom stereocenters. The van der Waals surface area contributed by atoms with Gasteiger partial charge >= 0.3 is 13.0 Å². The monoisotopic (exact) mass is 305 g/mol. The molecule has 2 rings (SSSR count). The predicted molar refractivity (Wildman–Crippen MR) is 65.2 cm³/mol. The molecule has 0 N–H and O–H groups in total. The lowest BCUT2D eigenvalue weighted by Crippen LogP contribution is -2.17. The van der Waals surface area contributed by atoms with Crippen LogP contribution < -0.4 is 4.74 Å². The highest BCUT2D eigenvalue weighted by molar-refractivity contribution is 5.77. The summed E-state index contributed by atoms with van der Waals surface area (Å²) in [6.07, 6.45) is 0.210. The zero-order chi connectivity index (χ0) is 15.5. The molecule has 0 saturated heterocycles. The molecule has 1 radical (unpaired) electrons. The number of hydrogen-bond acceptors (Lipinski definition) is 2. The molecule has 0 heterocycles. The summed E-state index contributed by atoms with van der Waals surface area (Å²) in [5.41, 5.74) is 0.599. The smallest absolute Gasteiger partial charge is 0.435 e. The quantitative estimate of drug-likeness (QED) is 0.751. The molecule has 2 nitrogen and oxygen atoms in total. The Morgan fingerprint density at radius 2 is 1.90 bits per heavy atom. The fraction of sp³-hybridized carbons (Fsp3) is 0.214.